The molecule has 2 nitrogen and oxygen atoms in total. The summed E-state index contributed by atoms with van der Waals surface area (Å²) in [4.78, 5) is 0. The molecule has 0 spiro atoms. The summed E-state index contributed by atoms with van der Waals surface area (Å²) in [7, 11) is 1.76. The normalized spacial score (nSPS) is 12.4. The lowest BCUT2D eigenvalue weighted by atomic mass is 9.82. The Morgan fingerprint density at radius 2 is 1.41 bits per heavy atom. The van der Waals surface area contributed by atoms with Crippen LogP contribution in [0.2, 0.25) is 0 Å². The minimum absolute atomic E-state index is 0.699. The van der Waals surface area contributed by atoms with Crippen LogP contribution in [0, 0.1) is 0 Å². The molecule has 1 N–H and O–H groups in total. The molecule has 169 valence electrons. The molecule has 0 aliphatic rings. The van der Waals surface area contributed by atoms with Crippen molar-refractivity contribution in [3.05, 3.63) is 91.0 Å². The van der Waals surface area contributed by atoms with Crippen LogP contribution in [0.5, 0.6) is 0 Å². The predicted octanol–water partition coefficient (Wildman–Crippen LogP) is 7.20. The number of thiophene rings is 1. The summed E-state index contributed by atoms with van der Waals surface area (Å²) < 4.78 is 8.53. The number of rotatable bonds is 6. The molecule has 1 radical (unpaired) electrons. The van der Waals surface area contributed by atoms with Gasteiger partial charge in [0.1, 0.15) is 0 Å². The molecule has 5 aromatic rings. The molecule has 0 atom stereocenters. The molecule has 0 unspecified atom stereocenters. The van der Waals surface area contributed by atoms with Crippen LogP contribution in [0.1, 0.15) is 27.7 Å². The van der Waals surface area contributed by atoms with Crippen molar-refractivity contribution in [3.63, 3.8) is 0 Å². The van der Waals surface area contributed by atoms with Crippen molar-refractivity contribution < 1.29 is 9.76 Å². The van der Waals surface area contributed by atoms with Crippen molar-refractivity contribution in [2.24, 2.45) is 0 Å². The molecule has 4 aromatic carbocycles. The van der Waals surface area contributed by atoms with Gasteiger partial charge in [-0.2, -0.15) is 0 Å². The maximum atomic E-state index is 10.4. The van der Waals surface area contributed by atoms with Gasteiger partial charge < -0.3 is 9.76 Å². The molecule has 0 fully saturated rings. The van der Waals surface area contributed by atoms with Crippen LogP contribution in [-0.4, -0.2) is 23.8 Å². The summed E-state index contributed by atoms with van der Waals surface area (Å²) in [6.07, 6.45) is 0. The summed E-state index contributed by atoms with van der Waals surface area (Å²) in [5.74, 6) is 0. The highest BCUT2D eigenvalue weighted by atomic mass is 32.1. The molecular weight excluding hydrogens is 435 g/mol. The summed E-state index contributed by atoms with van der Waals surface area (Å²) in [6.45, 7) is 7.34. The molecule has 1 aromatic heterocycles. The van der Waals surface area contributed by atoms with Crippen LogP contribution in [-0.2, 0) is 4.65 Å². The quantitative estimate of drug-likeness (QED) is 0.270. The average molecular weight is 463 g/mol. The third-order valence-electron chi connectivity index (χ3n) is 6.76. The first-order valence-electron chi connectivity index (χ1n) is 11.6. The van der Waals surface area contributed by atoms with Gasteiger partial charge in [-0.05, 0) is 67.5 Å². The molecule has 0 amide bonds. The van der Waals surface area contributed by atoms with Crippen LogP contribution in [0.3, 0.4) is 0 Å². The lowest BCUT2D eigenvalue weighted by Gasteiger charge is -2.37. The summed E-state index contributed by atoms with van der Waals surface area (Å²) >= 11 is 1.83. The van der Waals surface area contributed by atoms with E-state index in [1.807, 2.05) is 31.3 Å². The molecule has 34 heavy (non-hydrogen) atoms. The van der Waals surface area contributed by atoms with E-state index in [9.17, 15) is 5.11 Å². The minimum atomic E-state index is -0.953. The number of fused-ring (bicyclic) bond motifs is 3. The van der Waals surface area contributed by atoms with Crippen molar-refractivity contribution in [2.75, 3.05) is 0 Å². The minimum Gasteiger partial charge on any atom is -0.427 e. The second-order valence-corrected chi connectivity index (χ2v) is 10.8. The third-order valence-corrected chi connectivity index (χ3v) is 7.98. The summed E-state index contributed by atoms with van der Waals surface area (Å²) in [5.41, 5.74) is 4.26. The van der Waals surface area contributed by atoms with Gasteiger partial charge in [-0.25, -0.2) is 0 Å². The lowest BCUT2D eigenvalue weighted by Crippen LogP contribution is -2.49. The monoisotopic (exact) mass is 463 g/mol. The first-order chi connectivity index (χ1) is 16.2. The van der Waals surface area contributed by atoms with Crippen molar-refractivity contribution >= 4 is 44.5 Å². The smallest absolute Gasteiger partial charge is 0.330 e. The number of hydrogen-bond acceptors (Lipinski definition) is 3. The predicted molar refractivity (Wildman–Crippen MR) is 147 cm³/mol. The average Bonchev–Trinajstić information content (AvgIpc) is 3.21. The Morgan fingerprint density at radius 1 is 0.706 bits per heavy atom. The van der Waals surface area contributed by atoms with Crippen molar-refractivity contribution in [1.82, 2.24) is 0 Å². The maximum Gasteiger partial charge on any atom is 0.330 e. The Balaban J connectivity index is 1.53. The van der Waals surface area contributed by atoms with E-state index in [4.69, 9.17) is 4.65 Å². The Morgan fingerprint density at radius 3 is 2.18 bits per heavy atom. The molecule has 0 aliphatic carbocycles. The Labute approximate surface area is 206 Å². The molecule has 5 rings (SSSR count). The SMILES string of the molecule is CC(C)(O)C(C)(C)O[B]c1ccc2sc3c(-c4cccc(-c5ccccc5)c4)cccc3c2c1. The molecule has 0 aliphatic heterocycles. The highest BCUT2D eigenvalue weighted by Crippen LogP contribution is 2.40. The Hall–Kier alpha value is -2.92. The van der Waals surface area contributed by atoms with E-state index in [1.54, 1.807) is 21.3 Å². The van der Waals surface area contributed by atoms with Crippen LogP contribution in [0.25, 0.3) is 42.4 Å². The van der Waals surface area contributed by atoms with Crippen LogP contribution in [0.15, 0.2) is 91.0 Å². The van der Waals surface area contributed by atoms with Crippen molar-refractivity contribution in [3.8, 4) is 22.3 Å². The zero-order valence-corrected chi connectivity index (χ0v) is 20.8. The van der Waals surface area contributed by atoms with Gasteiger partial charge >= 0.3 is 7.48 Å². The highest BCUT2D eigenvalue weighted by molar-refractivity contribution is 7.26. The fourth-order valence-electron chi connectivity index (χ4n) is 3.97. The molecular formula is C30H28BO2S. The van der Waals surface area contributed by atoms with Gasteiger partial charge in [0, 0.05) is 14.8 Å². The largest absolute Gasteiger partial charge is 0.427 e. The lowest BCUT2D eigenvalue weighted by molar-refractivity contribution is -0.0893. The number of aliphatic hydroxyl groups is 1. The highest BCUT2D eigenvalue weighted by Gasteiger charge is 2.35. The topological polar surface area (TPSA) is 29.5 Å². The zero-order valence-electron chi connectivity index (χ0n) is 20.0. The van der Waals surface area contributed by atoms with Crippen LogP contribution < -0.4 is 5.46 Å². The van der Waals surface area contributed by atoms with E-state index in [1.165, 1.54) is 42.4 Å². The molecule has 0 saturated heterocycles. The van der Waals surface area contributed by atoms with Gasteiger partial charge in [-0.1, -0.05) is 84.3 Å². The van der Waals surface area contributed by atoms with E-state index in [0.717, 1.165) is 5.46 Å². The third kappa shape index (κ3) is 4.29. The van der Waals surface area contributed by atoms with E-state index >= 15 is 0 Å². The first kappa shape index (κ1) is 22.9. The van der Waals surface area contributed by atoms with Crippen molar-refractivity contribution in [1.29, 1.82) is 0 Å². The zero-order chi connectivity index (χ0) is 23.9. The van der Waals surface area contributed by atoms with Gasteiger partial charge in [0.25, 0.3) is 0 Å². The Kier molecular flexibility index (Phi) is 5.85. The van der Waals surface area contributed by atoms with E-state index in [-0.39, 0.29) is 0 Å². The number of hydrogen-bond donors (Lipinski definition) is 1. The van der Waals surface area contributed by atoms with Crippen LogP contribution >= 0.6 is 11.3 Å². The summed E-state index contributed by atoms with van der Waals surface area (Å²) in [5, 5.41) is 12.9. The van der Waals surface area contributed by atoms with Gasteiger partial charge in [0.15, 0.2) is 0 Å². The Bertz CT molecular complexity index is 1460. The second-order valence-electron chi connectivity index (χ2n) is 9.79. The van der Waals surface area contributed by atoms with E-state index < -0.39 is 11.2 Å². The second kappa shape index (κ2) is 8.70. The van der Waals surface area contributed by atoms with Gasteiger partial charge in [-0.15, -0.1) is 11.3 Å². The molecule has 4 heteroatoms. The van der Waals surface area contributed by atoms with Gasteiger partial charge in [0.05, 0.1) is 11.2 Å². The fraction of sp³-hybridized carbons (Fsp3) is 0.200. The number of benzene rings is 4. The van der Waals surface area contributed by atoms with Crippen LogP contribution in [0.4, 0.5) is 0 Å². The van der Waals surface area contributed by atoms with Crippen molar-refractivity contribution in [2.45, 2.75) is 38.9 Å². The maximum absolute atomic E-state index is 10.4. The standard InChI is InChI=1S/C30H28BO2S/c1-29(2,32)30(3,4)33-31-23-16-17-27-26(19-23)25-15-9-14-24(28(25)34-27)22-13-8-12-21(18-22)20-10-6-5-7-11-20/h5-19,32H,1-4H3. The summed E-state index contributed by atoms with van der Waals surface area (Å²) in [6, 6.07) is 32.3. The molecule has 0 bridgehead atoms. The van der Waals surface area contributed by atoms with Gasteiger partial charge in [-0.3, -0.25) is 0 Å². The van der Waals surface area contributed by atoms with Gasteiger partial charge in [0.2, 0.25) is 0 Å². The first-order valence-corrected chi connectivity index (χ1v) is 12.4. The molecule has 0 saturated carbocycles. The van der Waals surface area contributed by atoms with E-state index in [0.29, 0.717) is 0 Å². The van der Waals surface area contributed by atoms with E-state index in [2.05, 4.69) is 84.9 Å². The molecule has 1 heterocycles. The fourth-order valence-corrected chi connectivity index (χ4v) is 5.19.